The molecule has 1 amide bonds. The highest BCUT2D eigenvalue weighted by atomic mass is 16.5. The highest BCUT2D eigenvalue weighted by Gasteiger charge is 2.17. The fourth-order valence-corrected chi connectivity index (χ4v) is 3.18. The number of rotatable bonds is 6. The number of ether oxygens (including phenoxy) is 2. The summed E-state index contributed by atoms with van der Waals surface area (Å²) in [5, 5.41) is 1.96. The molecule has 2 aromatic carbocycles. The molecule has 5 heteroatoms. The van der Waals surface area contributed by atoms with E-state index >= 15 is 0 Å². The zero-order valence-electron chi connectivity index (χ0n) is 16.2. The van der Waals surface area contributed by atoms with Crippen LogP contribution in [0.2, 0.25) is 0 Å². The van der Waals surface area contributed by atoms with Gasteiger partial charge in [0, 0.05) is 44.1 Å². The van der Waals surface area contributed by atoms with Crippen molar-refractivity contribution in [1.82, 2.24) is 9.88 Å². The Bertz CT molecular complexity index is 969. The quantitative estimate of drug-likeness (QED) is 0.665. The van der Waals surface area contributed by atoms with Gasteiger partial charge in [0.1, 0.15) is 0 Å². The van der Waals surface area contributed by atoms with Crippen molar-refractivity contribution < 1.29 is 14.3 Å². The number of hydrogen-bond acceptors (Lipinski definition) is 4. The van der Waals surface area contributed by atoms with Gasteiger partial charge in [-0.15, -0.1) is 0 Å². The molecule has 0 radical (unpaired) electrons. The number of aryl methyl sites for hydroxylation is 1. The zero-order valence-corrected chi connectivity index (χ0v) is 16.2. The van der Waals surface area contributed by atoms with Crippen LogP contribution in [0.25, 0.3) is 21.9 Å². The van der Waals surface area contributed by atoms with Crippen molar-refractivity contribution in [1.29, 1.82) is 0 Å². The maximum Gasteiger partial charge on any atom is 0.254 e. The molecule has 0 N–H and O–H groups in total. The van der Waals surface area contributed by atoms with E-state index in [9.17, 15) is 4.79 Å². The van der Waals surface area contributed by atoms with E-state index in [2.05, 4.69) is 4.98 Å². The zero-order chi connectivity index (χ0) is 19.4. The lowest BCUT2D eigenvalue weighted by atomic mass is 9.93. The average molecular weight is 364 g/mol. The summed E-state index contributed by atoms with van der Waals surface area (Å²) in [6, 6.07) is 13.8. The Labute approximate surface area is 159 Å². The predicted octanol–water partition coefficient (Wildman–Crippen LogP) is 3.94. The Morgan fingerprint density at radius 1 is 1.07 bits per heavy atom. The lowest BCUT2D eigenvalue weighted by molar-refractivity contribution is 0.0746. The summed E-state index contributed by atoms with van der Waals surface area (Å²) in [7, 11) is 5.03. The first-order valence-corrected chi connectivity index (χ1v) is 8.84. The Morgan fingerprint density at radius 3 is 2.48 bits per heavy atom. The number of pyridine rings is 1. The third-order valence-corrected chi connectivity index (χ3v) is 4.72. The lowest BCUT2D eigenvalue weighted by Gasteiger charge is -2.19. The molecule has 140 valence electrons. The maximum absolute atomic E-state index is 12.9. The van der Waals surface area contributed by atoms with E-state index in [4.69, 9.17) is 9.47 Å². The molecule has 0 aliphatic carbocycles. The highest BCUT2D eigenvalue weighted by molar-refractivity contribution is 6.11. The maximum atomic E-state index is 12.9. The summed E-state index contributed by atoms with van der Waals surface area (Å²) in [5.41, 5.74) is 3.84. The number of benzene rings is 2. The second-order valence-corrected chi connectivity index (χ2v) is 6.47. The molecule has 0 fully saturated rings. The van der Waals surface area contributed by atoms with Crippen LogP contribution in [0.1, 0.15) is 15.9 Å². The molecular formula is C22H24N2O3. The van der Waals surface area contributed by atoms with Gasteiger partial charge >= 0.3 is 0 Å². The third-order valence-electron chi connectivity index (χ3n) is 4.72. The SMILES string of the molecule is COCCN(C)C(=O)c1ccc(-c2cnc(OC)cc2C)c2ccccc12. The number of likely N-dealkylation sites (N-methyl/N-ethyl adjacent to an activating group) is 1. The van der Waals surface area contributed by atoms with Crippen molar-refractivity contribution >= 4 is 16.7 Å². The number of fused-ring (bicyclic) bond motifs is 1. The van der Waals surface area contributed by atoms with E-state index in [1.54, 1.807) is 26.2 Å². The fraction of sp³-hybridized carbons (Fsp3) is 0.273. The van der Waals surface area contributed by atoms with E-state index in [1.165, 1.54) is 0 Å². The molecule has 0 saturated heterocycles. The van der Waals surface area contributed by atoms with Crippen LogP contribution >= 0.6 is 0 Å². The predicted molar refractivity (Wildman–Crippen MR) is 107 cm³/mol. The van der Waals surface area contributed by atoms with Crippen molar-refractivity contribution in [2.24, 2.45) is 0 Å². The van der Waals surface area contributed by atoms with E-state index in [0.717, 1.165) is 27.5 Å². The molecule has 0 aliphatic rings. The van der Waals surface area contributed by atoms with Gasteiger partial charge in [-0.25, -0.2) is 4.98 Å². The first-order chi connectivity index (χ1) is 13.1. The van der Waals surface area contributed by atoms with Gasteiger partial charge in [0.2, 0.25) is 5.88 Å². The van der Waals surface area contributed by atoms with Gasteiger partial charge in [-0.3, -0.25) is 4.79 Å². The van der Waals surface area contributed by atoms with Crippen LogP contribution in [-0.4, -0.2) is 50.2 Å². The van der Waals surface area contributed by atoms with Crippen LogP contribution in [0.5, 0.6) is 5.88 Å². The molecule has 0 atom stereocenters. The lowest BCUT2D eigenvalue weighted by Crippen LogP contribution is -2.30. The second-order valence-electron chi connectivity index (χ2n) is 6.47. The van der Waals surface area contributed by atoms with Gasteiger partial charge in [0.15, 0.2) is 0 Å². The van der Waals surface area contributed by atoms with Crippen LogP contribution in [-0.2, 0) is 4.74 Å². The summed E-state index contributed by atoms with van der Waals surface area (Å²) >= 11 is 0. The number of hydrogen-bond donors (Lipinski definition) is 0. The monoisotopic (exact) mass is 364 g/mol. The molecule has 0 saturated carbocycles. The van der Waals surface area contributed by atoms with E-state index in [0.29, 0.717) is 24.6 Å². The van der Waals surface area contributed by atoms with Gasteiger partial charge in [-0.1, -0.05) is 30.3 Å². The van der Waals surface area contributed by atoms with E-state index < -0.39 is 0 Å². The third kappa shape index (κ3) is 3.78. The van der Waals surface area contributed by atoms with E-state index in [-0.39, 0.29) is 5.91 Å². The molecule has 3 rings (SSSR count). The molecular weight excluding hydrogens is 340 g/mol. The second kappa shape index (κ2) is 8.18. The number of carbonyl (C=O) groups excluding carboxylic acids is 1. The number of carbonyl (C=O) groups is 1. The molecule has 27 heavy (non-hydrogen) atoms. The molecule has 1 heterocycles. The van der Waals surface area contributed by atoms with Crippen LogP contribution < -0.4 is 4.74 Å². The number of nitrogens with zero attached hydrogens (tertiary/aromatic N) is 2. The topological polar surface area (TPSA) is 51.7 Å². The first-order valence-electron chi connectivity index (χ1n) is 8.84. The largest absolute Gasteiger partial charge is 0.481 e. The van der Waals surface area contributed by atoms with Crippen molar-refractivity contribution in [3.8, 4) is 17.0 Å². The Morgan fingerprint density at radius 2 is 1.81 bits per heavy atom. The Kier molecular flexibility index (Phi) is 5.72. The van der Waals surface area contributed by atoms with Crippen molar-refractivity contribution in [3.05, 3.63) is 59.8 Å². The number of aromatic nitrogens is 1. The summed E-state index contributed by atoms with van der Waals surface area (Å²) in [5.74, 6) is 0.575. The number of methoxy groups -OCH3 is 2. The standard InChI is InChI=1S/C22H24N2O3/c1-15-13-21(27-4)23-14-20(15)18-9-10-19(17-8-6-5-7-16(17)18)22(25)24(2)11-12-26-3/h5-10,13-14H,11-12H2,1-4H3. The summed E-state index contributed by atoms with van der Waals surface area (Å²) in [4.78, 5) is 18.9. The Hall–Kier alpha value is -2.92. The molecule has 0 bridgehead atoms. The average Bonchev–Trinajstić information content (AvgIpc) is 2.70. The molecule has 0 aliphatic heterocycles. The van der Waals surface area contributed by atoms with E-state index in [1.807, 2.05) is 55.6 Å². The van der Waals surface area contributed by atoms with Gasteiger partial charge in [-0.05, 0) is 34.9 Å². The van der Waals surface area contributed by atoms with Crippen molar-refractivity contribution in [2.75, 3.05) is 34.4 Å². The van der Waals surface area contributed by atoms with Gasteiger partial charge in [0.25, 0.3) is 5.91 Å². The van der Waals surface area contributed by atoms with Crippen molar-refractivity contribution in [2.45, 2.75) is 6.92 Å². The summed E-state index contributed by atoms with van der Waals surface area (Å²) < 4.78 is 10.3. The minimum Gasteiger partial charge on any atom is -0.481 e. The highest BCUT2D eigenvalue weighted by Crippen LogP contribution is 2.33. The van der Waals surface area contributed by atoms with Gasteiger partial charge in [0.05, 0.1) is 13.7 Å². The van der Waals surface area contributed by atoms with Crippen LogP contribution in [0.4, 0.5) is 0 Å². The first kappa shape index (κ1) is 18.9. The van der Waals surface area contributed by atoms with Crippen molar-refractivity contribution in [3.63, 3.8) is 0 Å². The van der Waals surface area contributed by atoms with Gasteiger partial charge in [-0.2, -0.15) is 0 Å². The minimum absolute atomic E-state index is 0.0145. The Balaban J connectivity index is 2.10. The summed E-state index contributed by atoms with van der Waals surface area (Å²) in [6.45, 7) is 3.09. The van der Waals surface area contributed by atoms with Gasteiger partial charge < -0.3 is 14.4 Å². The number of amides is 1. The molecule has 5 nitrogen and oxygen atoms in total. The fourth-order valence-electron chi connectivity index (χ4n) is 3.18. The van der Waals surface area contributed by atoms with Crippen LogP contribution in [0.3, 0.4) is 0 Å². The molecule has 1 aromatic heterocycles. The molecule has 0 unspecified atom stereocenters. The van der Waals surface area contributed by atoms with Crippen LogP contribution in [0, 0.1) is 6.92 Å². The smallest absolute Gasteiger partial charge is 0.254 e. The normalized spacial score (nSPS) is 10.8. The molecule has 0 spiro atoms. The van der Waals surface area contributed by atoms with Crippen LogP contribution in [0.15, 0.2) is 48.7 Å². The minimum atomic E-state index is -0.0145. The summed E-state index contributed by atoms with van der Waals surface area (Å²) in [6.07, 6.45) is 1.82. The molecule has 3 aromatic rings.